The molecule has 0 saturated carbocycles. The molecule has 0 unspecified atom stereocenters. The number of hydrogen-bond acceptors (Lipinski definition) is 4. The molecule has 1 aromatic rings. The number of rotatable bonds is 2. The highest BCUT2D eigenvalue weighted by molar-refractivity contribution is 7.80. The molecule has 0 aliphatic rings. The monoisotopic (exact) mass is 221 g/mol. The predicted molar refractivity (Wildman–Crippen MR) is 59.1 cm³/mol. The minimum atomic E-state index is -0.389. The summed E-state index contributed by atoms with van der Waals surface area (Å²) >= 11 is 4.15. The van der Waals surface area contributed by atoms with Gasteiger partial charge in [-0.15, -0.1) is 12.6 Å². The van der Waals surface area contributed by atoms with Crippen LogP contribution in [0, 0.1) is 18.3 Å². The molecule has 0 bridgehead atoms. The van der Waals surface area contributed by atoms with Crippen LogP contribution in [-0.2, 0) is 4.74 Å². The largest absolute Gasteiger partial charge is 0.462 e. The van der Waals surface area contributed by atoms with Gasteiger partial charge in [0.15, 0.2) is 0 Å². The van der Waals surface area contributed by atoms with Crippen molar-refractivity contribution < 1.29 is 9.53 Å². The SMILES string of the molecule is CCOC(=O)c1cc(C)c(C#N)c(S)c1. The Morgan fingerprint density at radius 2 is 2.27 bits per heavy atom. The number of ether oxygens (including phenoxy) is 1. The van der Waals surface area contributed by atoms with Crippen molar-refractivity contribution in [2.75, 3.05) is 6.61 Å². The van der Waals surface area contributed by atoms with E-state index in [1.54, 1.807) is 26.0 Å². The first kappa shape index (κ1) is 11.6. The van der Waals surface area contributed by atoms with Crippen molar-refractivity contribution >= 4 is 18.6 Å². The molecule has 0 atom stereocenters. The van der Waals surface area contributed by atoms with Gasteiger partial charge in [-0.3, -0.25) is 0 Å². The predicted octanol–water partition coefficient (Wildman–Crippen LogP) is 2.33. The minimum Gasteiger partial charge on any atom is -0.462 e. The van der Waals surface area contributed by atoms with Crippen LogP contribution in [-0.4, -0.2) is 12.6 Å². The van der Waals surface area contributed by atoms with Crippen LogP contribution in [0.25, 0.3) is 0 Å². The number of benzene rings is 1. The van der Waals surface area contributed by atoms with Gasteiger partial charge in [0.2, 0.25) is 0 Å². The van der Waals surface area contributed by atoms with E-state index in [9.17, 15) is 4.79 Å². The molecule has 0 fully saturated rings. The molecule has 3 nitrogen and oxygen atoms in total. The van der Waals surface area contributed by atoms with Crippen LogP contribution in [0.3, 0.4) is 0 Å². The molecule has 0 aliphatic carbocycles. The molecule has 78 valence electrons. The number of carbonyl (C=O) groups is 1. The van der Waals surface area contributed by atoms with Gasteiger partial charge in [0, 0.05) is 4.90 Å². The normalized spacial score (nSPS) is 9.47. The van der Waals surface area contributed by atoms with Gasteiger partial charge in [0.25, 0.3) is 0 Å². The molecule has 0 spiro atoms. The first-order valence-electron chi connectivity index (χ1n) is 4.51. The van der Waals surface area contributed by atoms with Crippen LogP contribution in [0.2, 0.25) is 0 Å². The van der Waals surface area contributed by atoms with Crippen LogP contribution in [0.1, 0.15) is 28.4 Å². The number of carbonyl (C=O) groups excluding carboxylic acids is 1. The fraction of sp³-hybridized carbons (Fsp3) is 0.273. The molecule has 1 rings (SSSR count). The Labute approximate surface area is 94.1 Å². The van der Waals surface area contributed by atoms with E-state index >= 15 is 0 Å². The summed E-state index contributed by atoms with van der Waals surface area (Å²) in [6.07, 6.45) is 0. The average Bonchev–Trinajstić information content (AvgIpc) is 2.17. The van der Waals surface area contributed by atoms with E-state index in [0.717, 1.165) is 5.56 Å². The summed E-state index contributed by atoms with van der Waals surface area (Å²) in [6.45, 7) is 3.84. The third kappa shape index (κ3) is 2.51. The standard InChI is InChI=1S/C11H11NO2S/c1-3-14-11(13)8-4-7(2)9(6-12)10(15)5-8/h4-5,15H,3H2,1-2H3. The van der Waals surface area contributed by atoms with Gasteiger partial charge in [0.1, 0.15) is 6.07 Å². The Balaban J connectivity index is 3.15. The van der Waals surface area contributed by atoms with Crippen molar-refractivity contribution in [2.24, 2.45) is 0 Å². The molecule has 1 aromatic carbocycles. The maximum Gasteiger partial charge on any atom is 0.338 e. The van der Waals surface area contributed by atoms with Crippen LogP contribution in [0.4, 0.5) is 0 Å². The van der Waals surface area contributed by atoms with Crippen LogP contribution in [0.5, 0.6) is 0 Å². The fourth-order valence-corrected chi connectivity index (χ4v) is 1.61. The van der Waals surface area contributed by atoms with E-state index in [2.05, 4.69) is 12.6 Å². The topological polar surface area (TPSA) is 50.1 Å². The van der Waals surface area contributed by atoms with E-state index in [1.807, 2.05) is 6.07 Å². The highest BCUT2D eigenvalue weighted by Crippen LogP contribution is 2.20. The first-order chi connectivity index (χ1) is 7.10. The van der Waals surface area contributed by atoms with Gasteiger partial charge >= 0.3 is 5.97 Å². The lowest BCUT2D eigenvalue weighted by molar-refractivity contribution is 0.0526. The second-order valence-electron chi connectivity index (χ2n) is 3.02. The molecule has 0 aliphatic heterocycles. The van der Waals surface area contributed by atoms with Gasteiger partial charge < -0.3 is 4.74 Å². The third-order valence-corrected chi connectivity index (χ3v) is 2.29. The van der Waals surface area contributed by atoms with Crippen LogP contribution < -0.4 is 0 Å². The second kappa shape index (κ2) is 4.85. The second-order valence-corrected chi connectivity index (χ2v) is 3.50. The fourth-order valence-electron chi connectivity index (χ4n) is 1.25. The summed E-state index contributed by atoms with van der Waals surface area (Å²) in [5, 5.41) is 8.82. The summed E-state index contributed by atoms with van der Waals surface area (Å²) in [6, 6.07) is 5.22. The Morgan fingerprint density at radius 1 is 1.60 bits per heavy atom. The van der Waals surface area contributed by atoms with Crippen molar-refractivity contribution in [2.45, 2.75) is 18.7 Å². The summed E-state index contributed by atoms with van der Waals surface area (Å²) in [4.78, 5) is 11.9. The number of hydrogen-bond donors (Lipinski definition) is 1. The van der Waals surface area contributed by atoms with Gasteiger partial charge in [0.05, 0.1) is 17.7 Å². The summed E-state index contributed by atoms with van der Waals surface area (Å²) in [5.74, 6) is -0.389. The van der Waals surface area contributed by atoms with E-state index in [1.165, 1.54) is 0 Å². The molecule has 0 aromatic heterocycles. The van der Waals surface area contributed by atoms with Gasteiger partial charge in [-0.1, -0.05) is 0 Å². The molecule has 15 heavy (non-hydrogen) atoms. The molecule has 4 heteroatoms. The lowest BCUT2D eigenvalue weighted by Gasteiger charge is -2.06. The van der Waals surface area contributed by atoms with Crippen molar-refractivity contribution in [1.29, 1.82) is 5.26 Å². The highest BCUT2D eigenvalue weighted by atomic mass is 32.1. The molecule has 0 radical (unpaired) electrons. The summed E-state index contributed by atoms with van der Waals surface area (Å²) < 4.78 is 4.86. The number of esters is 1. The third-order valence-electron chi connectivity index (χ3n) is 1.94. The number of aryl methyl sites for hydroxylation is 1. The maximum absolute atomic E-state index is 11.4. The Hall–Kier alpha value is -1.47. The molecule has 0 N–H and O–H groups in total. The molecule has 0 amide bonds. The Kier molecular flexibility index (Phi) is 3.75. The minimum absolute atomic E-state index is 0.333. The molecule has 0 saturated heterocycles. The van der Waals surface area contributed by atoms with E-state index < -0.39 is 0 Å². The highest BCUT2D eigenvalue weighted by Gasteiger charge is 2.11. The lowest BCUT2D eigenvalue weighted by Crippen LogP contribution is -2.05. The average molecular weight is 221 g/mol. The van der Waals surface area contributed by atoms with Gasteiger partial charge in [-0.25, -0.2) is 4.79 Å². The van der Waals surface area contributed by atoms with Gasteiger partial charge in [-0.05, 0) is 31.5 Å². The number of thiol groups is 1. The molecular formula is C11H11NO2S. The van der Waals surface area contributed by atoms with E-state index in [-0.39, 0.29) is 5.97 Å². The quantitative estimate of drug-likeness (QED) is 0.616. The summed E-state index contributed by atoms with van der Waals surface area (Å²) in [7, 11) is 0. The van der Waals surface area contributed by atoms with Crippen LogP contribution >= 0.6 is 12.6 Å². The Bertz CT molecular complexity index is 412. The zero-order valence-corrected chi connectivity index (χ0v) is 9.47. The van der Waals surface area contributed by atoms with Crippen LogP contribution in [0.15, 0.2) is 17.0 Å². The molecular weight excluding hydrogens is 210 g/mol. The zero-order chi connectivity index (χ0) is 11.4. The van der Waals surface area contributed by atoms with E-state index in [0.29, 0.717) is 22.6 Å². The van der Waals surface area contributed by atoms with Crippen molar-refractivity contribution in [3.63, 3.8) is 0 Å². The van der Waals surface area contributed by atoms with Crippen molar-refractivity contribution in [3.05, 3.63) is 28.8 Å². The van der Waals surface area contributed by atoms with Crippen molar-refractivity contribution in [1.82, 2.24) is 0 Å². The van der Waals surface area contributed by atoms with E-state index in [4.69, 9.17) is 10.00 Å². The maximum atomic E-state index is 11.4. The smallest absolute Gasteiger partial charge is 0.338 e. The lowest BCUT2D eigenvalue weighted by atomic mass is 10.1. The Morgan fingerprint density at radius 3 is 2.73 bits per heavy atom. The van der Waals surface area contributed by atoms with Crippen molar-refractivity contribution in [3.8, 4) is 6.07 Å². The first-order valence-corrected chi connectivity index (χ1v) is 4.95. The zero-order valence-electron chi connectivity index (χ0n) is 8.57. The molecule has 0 heterocycles. The number of nitrogens with zero attached hydrogens (tertiary/aromatic N) is 1. The van der Waals surface area contributed by atoms with Gasteiger partial charge in [-0.2, -0.15) is 5.26 Å². The number of nitriles is 1. The summed E-state index contributed by atoms with van der Waals surface area (Å²) in [5.41, 5.74) is 1.65.